The fraction of sp³-hybridized carbons (Fsp3) is 0.417. The molecule has 4 heteroatoms. The normalized spacial score (nSPS) is 12.9. The first kappa shape index (κ1) is 11.4. The molecular weight excluding hydrogens is 220 g/mol. The van der Waals surface area contributed by atoms with Crippen LogP contribution in [0.15, 0.2) is 23.8 Å². The lowest BCUT2D eigenvalue weighted by Gasteiger charge is -2.10. The van der Waals surface area contributed by atoms with Crippen LogP contribution in [0.4, 0.5) is 0 Å². The monoisotopic (exact) mass is 236 g/mol. The van der Waals surface area contributed by atoms with Crippen molar-refractivity contribution in [2.24, 2.45) is 0 Å². The van der Waals surface area contributed by atoms with Gasteiger partial charge in [-0.15, -0.1) is 11.3 Å². The van der Waals surface area contributed by atoms with E-state index in [1.54, 1.807) is 17.5 Å². The number of rotatable bonds is 4. The van der Waals surface area contributed by atoms with Crippen molar-refractivity contribution in [1.82, 2.24) is 9.55 Å². The number of aliphatic hydroxyl groups excluding tert-OH is 1. The summed E-state index contributed by atoms with van der Waals surface area (Å²) >= 11 is 1.61. The van der Waals surface area contributed by atoms with Crippen LogP contribution in [-0.4, -0.2) is 14.7 Å². The van der Waals surface area contributed by atoms with Crippen molar-refractivity contribution in [2.45, 2.75) is 32.9 Å². The first-order chi connectivity index (χ1) is 7.72. The molecule has 0 aliphatic rings. The highest BCUT2D eigenvalue weighted by molar-refractivity contribution is 7.10. The van der Waals surface area contributed by atoms with E-state index in [1.807, 2.05) is 24.6 Å². The molecule has 2 heterocycles. The summed E-state index contributed by atoms with van der Waals surface area (Å²) in [7, 11) is 0. The van der Waals surface area contributed by atoms with Crippen molar-refractivity contribution in [2.75, 3.05) is 0 Å². The second-order valence-corrected chi connectivity index (χ2v) is 4.76. The third-order valence-corrected chi connectivity index (χ3v) is 3.84. The van der Waals surface area contributed by atoms with Crippen LogP contribution < -0.4 is 0 Å². The lowest BCUT2D eigenvalue weighted by Crippen LogP contribution is -2.07. The van der Waals surface area contributed by atoms with Crippen LogP contribution in [0, 0.1) is 6.92 Å². The Kier molecular flexibility index (Phi) is 3.41. The Morgan fingerprint density at radius 1 is 1.56 bits per heavy atom. The minimum absolute atomic E-state index is 0.437. The SMILES string of the molecule is CCn1ccnc1CC(O)c1sccc1C. The van der Waals surface area contributed by atoms with Gasteiger partial charge in [0.2, 0.25) is 0 Å². The van der Waals surface area contributed by atoms with Crippen LogP contribution in [0.5, 0.6) is 0 Å². The average Bonchev–Trinajstić information content (AvgIpc) is 2.86. The summed E-state index contributed by atoms with van der Waals surface area (Å²) in [5.74, 6) is 0.947. The van der Waals surface area contributed by atoms with E-state index in [-0.39, 0.29) is 0 Å². The van der Waals surface area contributed by atoms with Crippen LogP contribution in [-0.2, 0) is 13.0 Å². The predicted octanol–water partition coefficient (Wildman–Crippen LogP) is 2.55. The molecule has 1 atom stereocenters. The molecule has 0 saturated carbocycles. The molecule has 3 nitrogen and oxygen atoms in total. The van der Waals surface area contributed by atoms with Gasteiger partial charge < -0.3 is 9.67 Å². The van der Waals surface area contributed by atoms with Gasteiger partial charge in [-0.1, -0.05) is 0 Å². The van der Waals surface area contributed by atoms with E-state index >= 15 is 0 Å². The van der Waals surface area contributed by atoms with Gasteiger partial charge in [-0.3, -0.25) is 0 Å². The second-order valence-electron chi connectivity index (χ2n) is 3.82. The van der Waals surface area contributed by atoms with Crippen molar-refractivity contribution >= 4 is 11.3 Å². The Balaban J connectivity index is 2.13. The third kappa shape index (κ3) is 2.18. The number of aryl methyl sites for hydroxylation is 2. The van der Waals surface area contributed by atoms with E-state index in [0.29, 0.717) is 6.42 Å². The molecule has 0 spiro atoms. The molecule has 86 valence electrons. The molecule has 0 aromatic carbocycles. The molecule has 0 radical (unpaired) electrons. The summed E-state index contributed by atoms with van der Waals surface area (Å²) in [6, 6.07) is 2.04. The van der Waals surface area contributed by atoms with Crippen LogP contribution in [0.25, 0.3) is 0 Å². The molecule has 0 saturated heterocycles. The van der Waals surface area contributed by atoms with E-state index < -0.39 is 6.10 Å². The Morgan fingerprint density at radius 2 is 2.38 bits per heavy atom. The third-order valence-electron chi connectivity index (χ3n) is 2.72. The number of imidazole rings is 1. The molecule has 1 N–H and O–H groups in total. The lowest BCUT2D eigenvalue weighted by molar-refractivity contribution is 0.177. The molecule has 0 fully saturated rings. The second kappa shape index (κ2) is 4.80. The maximum absolute atomic E-state index is 10.1. The molecule has 1 unspecified atom stereocenters. The number of nitrogens with zero attached hydrogens (tertiary/aromatic N) is 2. The number of hydrogen-bond donors (Lipinski definition) is 1. The van der Waals surface area contributed by atoms with Gasteiger partial charge in [0.1, 0.15) is 5.82 Å². The van der Waals surface area contributed by atoms with Crippen molar-refractivity contribution in [1.29, 1.82) is 0 Å². The molecule has 2 aromatic heterocycles. The Bertz CT molecular complexity index is 461. The lowest BCUT2D eigenvalue weighted by atomic mass is 10.1. The fourth-order valence-electron chi connectivity index (χ4n) is 1.81. The van der Waals surface area contributed by atoms with Gasteiger partial charge in [-0.2, -0.15) is 0 Å². The fourth-order valence-corrected chi connectivity index (χ4v) is 2.72. The van der Waals surface area contributed by atoms with Crippen LogP contribution in [0.3, 0.4) is 0 Å². The molecule has 2 aromatic rings. The maximum Gasteiger partial charge on any atom is 0.111 e. The van der Waals surface area contributed by atoms with Crippen molar-refractivity contribution in [3.63, 3.8) is 0 Å². The van der Waals surface area contributed by atoms with Gasteiger partial charge in [0.15, 0.2) is 0 Å². The van der Waals surface area contributed by atoms with E-state index in [4.69, 9.17) is 0 Å². The molecule has 0 aliphatic carbocycles. The number of thiophene rings is 1. The molecule has 2 rings (SSSR count). The first-order valence-corrected chi connectivity index (χ1v) is 6.32. The number of aliphatic hydroxyl groups is 1. The maximum atomic E-state index is 10.1. The molecule has 16 heavy (non-hydrogen) atoms. The summed E-state index contributed by atoms with van der Waals surface area (Å²) in [6.45, 7) is 5.00. The van der Waals surface area contributed by atoms with Crippen molar-refractivity contribution < 1.29 is 5.11 Å². The largest absolute Gasteiger partial charge is 0.387 e. The van der Waals surface area contributed by atoms with E-state index in [9.17, 15) is 5.11 Å². The van der Waals surface area contributed by atoms with Crippen LogP contribution >= 0.6 is 11.3 Å². The highest BCUT2D eigenvalue weighted by Crippen LogP contribution is 2.26. The summed E-state index contributed by atoms with van der Waals surface area (Å²) in [5.41, 5.74) is 1.16. The van der Waals surface area contributed by atoms with Gasteiger partial charge in [-0.05, 0) is 30.9 Å². The number of hydrogen-bond acceptors (Lipinski definition) is 3. The highest BCUT2D eigenvalue weighted by Gasteiger charge is 2.15. The minimum Gasteiger partial charge on any atom is -0.387 e. The van der Waals surface area contributed by atoms with Crippen molar-refractivity contribution in [3.05, 3.63) is 40.1 Å². The number of aromatic nitrogens is 2. The van der Waals surface area contributed by atoms with Crippen LogP contribution in [0.1, 0.15) is 29.3 Å². The minimum atomic E-state index is -0.437. The van der Waals surface area contributed by atoms with Crippen LogP contribution in [0.2, 0.25) is 0 Å². The summed E-state index contributed by atoms with van der Waals surface area (Å²) in [5, 5.41) is 12.2. The average molecular weight is 236 g/mol. The molecule has 0 amide bonds. The predicted molar refractivity (Wildman–Crippen MR) is 65.6 cm³/mol. The van der Waals surface area contributed by atoms with E-state index in [2.05, 4.69) is 16.5 Å². The molecular formula is C12H16N2OS. The topological polar surface area (TPSA) is 38.0 Å². The zero-order chi connectivity index (χ0) is 11.5. The van der Waals surface area contributed by atoms with Gasteiger partial charge in [0.25, 0.3) is 0 Å². The Morgan fingerprint density at radius 3 is 3.00 bits per heavy atom. The Labute approximate surface area is 99.4 Å². The summed E-state index contributed by atoms with van der Waals surface area (Å²) < 4.78 is 2.06. The van der Waals surface area contributed by atoms with Gasteiger partial charge in [0, 0.05) is 30.2 Å². The van der Waals surface area contributed by atoms with Gasteiger partial charge >= 0.3 is 0 Å². The quantitative estimate of drug-likeness (QED) is 0.886. The van der Waals surface area contributed by atoms with Crippen molar-refractivity contribution in [3.8, 4) is 0 Å². The van der Waals surface area contributed by atoms with E-state index in [0.717, 1.165) is 22.8 Å². The van der Waals surface area contributed by atoms with Gasteiger partial charge in [0.05, 0.1) is 6.10 Å². The molecule has 0 aliphatic heterocycles. The smallest absolute Gasteiger partial charge is 0.111 e. The standard InChI is InChI=1S/C12H16N2OS/c1-3-14-6-5-13-11(14)8-10(15)12-9(2)4-7-16-12/h4-7,10,15H,3,8H2,1-2H3. The van der Waals surface area contributed by atoms with E-state index in [1.165, 1.54) is 0 Å². The molecule has 0 bridgehead atoms. The highest BCUT2D eigenvalue weighted by atomic mass is 32.1. The Hall–Kier alpha value is -1.13. The zero-order valence-corrected chi connectivity index (χ0v) is 10.4. The zero-order valence-electron chi connectivity index (χ0n) is 9.55. The summed E-state index contributed by atoms with van der Waals surface area (Å²) in [4.78, 5) is 5.32. The van der Waals surface area contributed by atoms with Gasteiger partial charge in [-0.25, -0.2) is 4.98 Å². The summed E-state index contributed by atoms with van der Waals surface area (Å²) in [6.07, 6.45) is 3.88. The first-order valence-electron chi connectivity index (χ1n) is 5.44.